The Labute approximate surface area is 184 Å². The molecule has 0 fully saturated rings. The van der Waals surface area contributed by atoms with Gasteiger partial charge in [-0.1, -0.05) is 13.8 Å². The molecule has 0 aliphatic rings. The Morgan fingerprint density at radius 3 is 2.44 bits per heavy atom. The third-order valence-electron chi connectivity index (χ3n) is 4.64. The Hall–Kier alpha value is -3.57. The van der Waals surface area contributed by atoms with Crippen LogP contribution in [0.2, 0.25) is 0 Å². The lowest BCUT2D eigenvalue weighted by Crippen LogP contribution is -2.30. The average Bonchev–Trinajstić information content (AvgIpc) is 3.23. The molecule has 0 aliphatic heterocycles. The van der Waals surface area contributed by atoms with E-state index in [0.29, 0.717) is 17.1 Å². The smallest absolute Gasteiger partial charge is 0.295 e. The van der Waals surface area contributed by atoms with Gasteiger partial charge in [0.25, 0.3) is 5.69 Å². The van der Waals surface area contributed by atoms with Crippen LogP contribution in [0.4, 0.5) is 15.8 Å². The van der Waals surface area contributed by atoms with Crippen LogP contribution in [-0.2, 0) is 10.0 Å². The summed E-state index contributed by atoms with van der Waals surface area (Å²) in [6.45, 7) is 3.88. The van der Waals surface area contributed by atoms with Gasteiger partial charge in [-0.3, -0.25) is 15.5 Å². The number of nitrogens with one attached hydrogen (secondary N) is 1. The molecule has 0 amide bonds. The van der Waals surface area contributed by atoms with Gasteiger partial charge in [0.05, 0.1) is 16.0 Å². The summed E-state index contributed by atoms with van der Waals surface area (Å²) >= 11 is 0. The first kappa shape index (κ1) is 23.1. The predicted molar refractivity (Wildman–Crippen MR) is 119 cm³/mol. The fraction of sp³-hybridized carbons (Fsp3) is 0.190. The van der Waals surface area contributed by atoms with Crippen molar-refractivity contribution in [2.75, 3.05) is 18.5 Å². The van der Waals surface area contributed by atoms with Crippen molar-refractivity contribution in [3.63, 3.8) is 0 Å². The number of furan rings is 1. The highest BCUT2D eigenvalue weighted by Crippen LogP contribution is 2.29. The third-order valence-corrected chi connectivity index (χ3v) is 6.69. The summed E-state index contributed by atoms with van der Waals surface area (Å²) < 4.78 is 45.1. The maximum atomic E-state index is 13.0. The summed E-state index contributed by atoms with van der Waals surface area (Å²) in [4.78, 5) is 10.6. The molecule has 32 heavy (non-hydrogen) atoms. The number of nitro groups is 1. The average molecular weight is 460 g/mol. The summed E-state index contributed by atoms with van der Waals surface area (Å²) in [5.74, 6) is 0.507. The first-order chi connectivity index (χ1) is 15.3. The molecule has 0 spiro atoms. The quantitative estimate of drug-likeness (QED) is 0.286. The normalized spacial score (nSPS) is 11.9. The molecule has 0 atom stereocenters. The van der Waals surface area contributed by atoms with Crippen molar-refractivity contribution in [1.82, 2.24) is 4.31 Å². The maximum absolute atomic E-state index is 13.0. The van der Waals surface area contributed by atoms with Gasteiger partial charge in [0.15, 0.2) is 0 Å². The van der Waals surface area contributed by atoms with Crippen LogP contribution >= 0.6 is 0 Å². The van der Waals surface area contributed by atoms with E-state index in [0.717, 1.165) is 6.07 Å². The minimum atomic E-state index is -3.84. The molecule has 3 aromatic rings. The summed E-state index contributed by atoms with van der Waals surface area (Å²) in [7, 11) is -3.84. The van der Waals surface area contributed by atoms with Gasteiger partial charge in [-0.2, -0.15) is 9.41 Å². The van der Waals surface area contributed by atoms with E-state index in [1.165, 1.54) is 34.8 Å². The number of sulfonamides is 1. The van der Waals surface area contributed by atoms with E-state index in [-0.39, 0.29) is 29.5 Å². The number of hydrogen-bond acceptors (Lipinski definition) is 7. The predicted octanol–water partition coefficient (Wildman–Crippen LogP) is 4.47. The largest absolute Gasteiger partial charge is 0.455 e. The number of anilines is 1. The molecular formula is C21H21FN4O5S. The van der Waals surface area contributed by atoms with Crippen LogP contribution in [0.1, 0.15) is 19.6 Å². The Bertz CT molecular complexity index is 1240. The van der Waals surface area contributed by atoms with E-state index in [1.54, 1.807) is 38.1 Å². The van der Waals surface area contributed by atoms with Crippen LogP contribution in [0.15, 0.2) is 69.0 Å². The SMILES string of the molecule is CCN(CC)S(=O)(=O)c1ccc(N/N=C\c2ccc(-c3ccc(F)cc3)o2)c([N+](=O)[O-])c1. The van der Waals surface area contributed by atoms with Crippen LogP contribution in [0, 0.1) is 15.9 Å². The molecule has 9 nitrogen and oxygen atoms in total. The third kappa shape index (κ3) is 5.01. The zero-order chi connectivity index (χ0) is 23.3. The minimum absolute atomic E-state index is 0.0232. The molecule has 1 N–H and O–H groups in total. The zero-order valence-corrected chi connectivity index (χ0v) is 18.2. The molecule has 0 radical (unpaired) electrons. The van der Waals surface area contributed by atoms with Crippen molar-refractivity contribution in [3.8, 4) is 11.3 Å². The number of hydrazone groups is 1. The van der Waals surface area contributed by atoms with Gasteiger partial charge in [0, 0.05) is 24.7 Å². The second kappa shape index (κ2) is 9.71. The van der Waals surface area contributed by atoms with E-state index in [1.807, 2.05) is 0 Å². The Kier molecular flexibility index (Phi) is 7.01. The highest BCUT2D eigenvalue weighted by atomic mass is 32.2. The lowest BCUT2D eigenvalue weighted by molar-refractivity contribution is -0.384. The van der Waals surface area contributed by atoms with Crippen molar-refractivity contribution < 1.29 is 22.1 Å². The minimum Gasteiger partial charge on any atom is -0.455 e. The Balaban J connectivity index is 1.80. The molecule has 0 bridgehead atoms. The highest BCUT2D eigenvalue weighted by Gasteiger charge is 2.25. The van der Waals surface area contributed by atoms with E-state index in [4.69, 9.17) is 4.42 Å². The van der Waals surface area contributed by atoms with Gasteiger partial charge in [0.1, 0.15) is 23.0 Å². The van der Waals surface area contributed by atoms with Crippen molar-refractivity contribution >= 4 is 27.6 Å². The monoisotopic (exact) mass is 460 g/mol. The summed E-state index contributed by atoms with van der Waals surface area (Å²) in [6.07, 6.45) is 1.32. The Morgan fingerprint density at radius 2 is 1.81 bits per heavy atom. The fourth-order valence-corrected chi connectivity index (χ4v) is 4.47. The number of halogens is 1. The van der Waals surface area contributed by atoms with Crippen molar-refractivity contribution in [2.24, 2.45) is 5.10 Å². The van der Waals surface area contributed by atoms with E-state index in [9.17, 15) is 22.9 Å². The molecule has 0 saturated carbocycles. The number of rotatable bonds is 9. The lowest BCUT2D eigenvalue weighted by Gasteiger charge is -2.18. The number of benzene rings is 2. The molecule has 1 aromatic heterocycles. The van der Waals surface area contributed by atoms with Gasteiger partial charge < -0.3 is 4.42 Å². The molecule has 0 saturated heterocycles. The lowest BCUT2D eigenvalue weighted by atomic mass is 10.2. The topological polar surface area (TPSA) is 118 Å². The fourth-order valence-electron chi connectivity index (χ4n) is 2.99. The second-order valence-corrected chi connectivity index (χ2v) is 8.54. The van der Waals surface area contributed by atoms with Gasteiger partial charge in [-0.15, -0.1) is 0 Å². The second-order valence-electron chi connectivity index (χ2n) is 6.60. The molecule has 1 heterocycles. The molecule has 168 valence electrons. The van der Waals surface area contributed by atoms with E-state index in [2.05, 4.69) is 10.5 Å². The summed E-state index contributed by atoms with van der Waals surface area (Å²) in [5, 5.41) is 15.4. The molecule has 2 aromatic carbocycles. The van der Waals surface area contributed by atoms with Crippen LogP contribution in [0.25, 0.3) is 11.3 Å². The van der Waals surface area contributed by atoms with Gasteiger partial charge in [-0.25, -0.2) is 12.8 Å². The maximum Gasteiger partial charge on any atom is 0.295 e. The molecule has 3 rings (SSSR count). The standard InChI is InChI=1S/C21H21FN4O5S/c1-3-25(4-2)32(29,30)18-10-11-19(20(13-18)26(27)28)24-23-14-17-9-12-21(31-17)15-5-7-16(22)8-6-15/h5-14,24H,3-4H2,1-2H3/b23-14-. The summed E-state index contributed by atoms with van der Waals surface area (Å²) in [6, 6.07) is 12.7. The van der Waals surface area contributed by atoms with E-state index >= 15 is 0 Å². The van der Waals surface area contributed by atoms with Gasteiger partial charge >= 0.3 is 0 Å². The van der Waals surface area contributed by atoms with Crippen LogP contribution < -0.4 is 5.43 Å². The number of nitrogens with zero attached hydrogens (tertiary/aromatic N) is 3. The molecular weight excluding hydrogens is 439 g/mol. The number of hydrogen-bond donors (Lipinski definition) is 1. The summed E-state index contributed by atoms with van der Waals surface area (Å²) in [5.41, 5.74) is 2.82. The van der Waals surface area contributed by atoms with Crippen molar-refractivity contribution in [3.05, 3.63) is 76.3 Å². The molecule has 11 heteroatoms. The van der Waals surface area contributed by atoms with Gasteiger partial charge in [0.2, 0.25) is 10.0 Å². The highest BCUT2D eigenvalue weighted by molar-refractivity contribution is 7.89. The molecule has 0 aliphatic carbocycles. The van der Waals surface area contributed by atoms with Crippen molar-refractivity contribution in [1.29, 1.82) is 0 Å². The molecule has 0 unspecified atom stereocenters. The zero-order valence-electron chi connectivity index (χ0n) is 17.4. The first-order valence-corrected chi connectivity index (χ1v) is 11.1. The van der Waals surface area contributed by atoms with Crippen LogP contribution in [-0.4, -0.2) is 37.0 Å². The first-order valence-electron chi connectivity index (χ1n) is 9.69. The van der Waals surface area contributed by atoms with Crippen molar-refractivity contribution in [2.45, 2.75) is 18.7 Å². The Morgan fingerprint density at radius 1 is 1.12 bits per heavy atom. The number of nitro benzene ring substituents is 1. The van der Waals surface area contributed by atoms with Crippen LogP contribution in [0.5, 0.6) is 0 Å². The van der Waals surface area contributed by atoms with E-state index < -0.39 is 20.6 Å². The van der Waals surface area contributed by atoms with Gasteiger partial charge in [-0.05, 0) is 48.5 Å². The van der Waals surface area contributed by atoms with Crippen LogP contribution in [0.3, 0.4) is 0 Å².